The van der Waals surface area contributed by atoms with Crippen LogP contribution in [0, 0.1) is 24.0 Å². The Labute approximate surface area is 168 Å². The first-order chi connectivity index (χ1) is 13.6. The van der Waals surface area contributed by atoms with Crippen LogP contribution in [-0.4, -0.2) is 59.2 Å². The van der Waals surface area contributed by atoms with Gasteiger partial charge in [0.2, 0.25) is 0 Å². The molecule has 156 valence electrons. The lowest BCUT2D eigenvalue weighted by molar-refractivity contribution is -0.386. The molecule has 1 aromatic heterocycles. The van der Waals surface area contributed by atoms with Gasteiger partial charge in [-0.15, -0.1) is 0 Å². The maximum atomic E-state index is 12.2. The van der Waals surface area contributed by atoms with Crippen molar-refractivity contribution in [3.8, 4) is 0 Å². The summed E-state index contributed by atoms with van der Waals surface area (Å²) in [6.45, 7) is 2.67. The first-order valence-corrected chi connectivity index (χ1v) is 8.94. The molecule has 1 heterocycles. The van der Waals surface area contributed by atoms with Crippen LogP contribution >= 0.6 is 0 Å². The van der Waals surface area contributed by atoms with Gasteiger partial charge in [-0.2, -0.15) is 5.10 Å². The van der Waals surface area contributed by atoms with Crippen LogP contribution in [0.4, 0.5) is 11.4 Å². The third-order valence-corrected chi connectivity index (χ3v) is 4.46. The van der Waals surface area contributed by atoms with Crippen molar-refractivity contribution in [1.29, 1.82) is 0 Å². The van der Waals surface area contributed by atoms with Crippen molar-refractivity contribution in [3.63, 3.8) is 0 Å². The van der Waals surface area contributed by atoms with E-state index in [0.717, 1.165) is 11.3 Å². The van der Waals surface area contributed by atoms with Gasteiger partial charge in [-0.25, -0.2) is 0 Å². The number of ether oxygens (including phenoxy) is 1. The molecule has 0 saturated carbocycles. The van der Waals surface area contributed by atoms with E-state index in [2.05, 4.69) is 5.10 Å². The van der Waals surface area contributed by atoms with E-state index >= 15 is 0 Å². The molecular weight excluding hydrogens is 378 g/mol. The van der Waals surface area contributed by atoms with E-state index in [1.54, 1.807) is 7.05 Å². The minimum atomic E-state index is -0.692. The highest BCUT2D eigenvalue weighted by molar-refractivity contribution is 5.80. The number of aryl methyl sites for hydroxylation is 1. The summed E-state index contributed by atoms with van der Waals surface area (Å²) in [7, 11) is 5.52. The van der Waals surface area contributed by atoms with Gasteiger partial charge in [-0.05, 0) is 31.5 Å². The molecule has 1 amide bonds. The summed E-state index contributed by atoms with van der Waals surface area (Å²) in [5.41, 5.74) is 2.35. The number of esters is 1. The van der Waals surface area contributed by atoms with Gasteiger partial charge in [-0.3, -0.25) is 24.4 Å². The van der Waals surface area contributed by atoms with Crippen molar-refractivity contribution in [1.82, 2.24) is 14.7 Å². The molecule has 0 aliphatic carbocycles. The number of benzene rings is 1. The van der Waals surface area contributed by atoms with E-state index in [1.807, 2.05) is 43.3 Å². The third-order valence-electron chi connectivity index (χ3n) is 4.46. The first kappa shape index (κ1) is 21.9. The molecule has 10 nitrogen and oxygen atoms in total. The first-order valence-electron chi connectivity index (χ1n) is 8.94. The summed E-state index contributed by atoms with van der Waals surface area (Å²) in [6, 6.07) is 7.78. The number of nitrogens with zero attached hydrogens (tertiary/aromatic N) is 5. The Morgan fingerprint density at radius 1 is 1.17 bits per heavy atom. The van der Waals surface area contributed by atoms with Crippen LogP contribution in [0.15, 0.2) is 24.3 Å². The Morgan fingerprint density at radius 3 is 2.31 bits per heavy atom. The average Bonchev–Trinajstić information content (AvgIpc) is 2.93. The summed E-state index contributed by atoms with van der Waals surface area (Å²) in [6.07, 6.45) is 0. The Kier molecular flexibility index (Phi) is 6.92. The van der Waals surface area contributed by atoms with E-state index in [1.165, 1.54) is 23.4 Å². The van der Waals surface area contributed by atoms with Crippen LogP contribution in [0.25, 0.3) is 0 Å². The maximum absolute atomic E-state index is 12.2. The van der Waals surface area contributed by atoms with Gasteiger partial charge in [0.15, 0.2) is 6.61 Å². The molecule has 0 aliphatic rings. The summed E-state index contributed by atoms with van der Waals surface area (Å²) < 4.78 is 6.22. The zero-order valence-corrected chi connectivity index (χ0v) is 17.2. The normalized spacial score (nSPS) is 10.5. The Balaban J connectivity index is 1.87. The van der Waals surface area contributed by atoms with Crippen LogP contribution in [0.1, 0.15) is 17.0 Å². The second-order valence-corrected chi connectivity index (χ2v) is 6.91. The molecular formula is C19H25N5O5. The Hall–Kier alpha value is -3.43. The Morgan fingerprint density at radius 2 is 1.79 bits per heavy atom. The maximum Gasteiger partial charge on any atom is 0.328 e. The minimum absolute atomic E-state index is 0.131. The van der Waals surface area contributed by atoms with E-state index < -0.39 is 17.5 Å². The number of rotatable bonds is 8. The average molecular weight is 403 g/mol. The molecule has 0 fully saturated rings. The monoisotopic (exact) mass is 403 g/mol. The second kappa shape index (κ2) is 9.18. The van der Waals surface area contributed by atoms with Crippen molar-refractivity contribution >= 4 is 23.3 Å². The number of nitro groups is 1. The lowest BCUT2D eigenvalue weighted by Gasteiger charge is -2.18. The molecule has 0 spiro atoms. The zero-order valence-electron chi connectivity index (χ0n) is 17.2. The number of carbonyl (C=O) groups excluding carboxylic acids is 2. The van der Waals surface area contributed by atoms with E-state index in [0.29, 0.717) is 6.54 Å². The lowest BCUT2D eigenvalue weighted by Crippen LogP contribution is -2.31. The van der Waals surface area contributed by atoms with E-state index in [4.69, 9.17) is 4.74 Å². The van der Waals surface area contributed by atoms with Crippen LogP contribution in [-0.2, 0) is 27.4 Å². The van der Waals surface area contributed by atoms with Crippen LogP contribution in [0.3, 0.4) is 0 Å². The zero-order chi connectivity index (χ0) is 21.7. The van der Waals surface area contributed by atoms with Gasteiger partial charge in [-0.1, -0.05) is 12.1 Å². The fourth-order valence-corrected chi connectivity index (χ4v) is 2.79. The molecule has 2 aromatic rings. The highest BCUT2D eigenvalue weighted by Crippen LogP contribution is 2.21. The fourth-order valence-electron chi connectivity index (χ4n) is 2.79. The van der Waals surface area contributed by atoms with Crippen molar-refractivity contribution in [2.24, 2.45) is 0 Å². The number of hydrogen-bond acceptors (Lipinski definition) is 7. The smallest absolute Gasteiger partial charge is 0.328 e. The lowest BCUT2D eigenvalue weighted by atomic mass is 10.2. The number of hydrogen-bond donors (Lipinski definition) is 0. The molecule has 0 saturated heterocycles. The largest absolute Gasteiger partial charge is 0.454 e. The second-order valence-electron chi connectivity index (χ2n) is 6.91. The number of amides is 1. The number of likely N-dealkylation sites (N-methyl/N-ethyl adjacent to an activating group) is 1. The number of carbonyl (C=O) groups is 2. The number of aromatic nitrogens is 2. The fraction of sp³-hybridized carbons (Fsp3) is 0.421. The van der Waals surface area contributed by atoms with Crippen molar-refractivity contribution < 1.29 is 19.2 Å². The predicted octanol–water partition coefficient (Wildman–Crippen LogP) is 1.68. The van der Waals surface area contributed by atoms with Gasteiger partial charge < -0.3 is 14.5 Å². The highest BCUT2D eigenvalue weighted by Gasteiger charge is 2.23. The molecule has 2 rings (SSSR count). The van der Waals surface area contributed by atoms with Gasteiger partial charge in [0.1, 0.15) is 17.9 Å². The predicted molar refractivity (Wildman–Crippen MR) is 107 cm³/mol. The SMILES string of the molecule is Cc1nn(CC(=O)OCC(=O)N(C)Cc2ccc(N(C)C)cc2)c(C)c1[N+](=O)[O-]. The highest BCUT2D eigenvalue weighted by atomic mass is 16.6. The van der Waals surface area contributed by atoms with E-state index in [-0.39, 0.29) is 29.5 Å². The van der Waals surface area contributed by atoms with Crippen LogP contribution < -0.4 is 4.90 Å². The molecule has 0 aliphatic heterocycles. The van der Waals surface area contributed by atoms with Gasteiger partial charge in [0.25, 0.3) is 5.91 Å². The molecule has 1 aromatic carbocycles. The quantitative estimate of drug-likeness (QED) is 0.374. The topological polar surface area (TPSA) is 111 Å². The summed E-state index contributed by atoms with van der Waals surface area (Å²) >= 11 is 0. The van der Waals surface area contributed by atoms with Crippen LogP contribution in [0.2, 0.25) is 0 Å². The molecule has 0 atom stereocenters. The van der Waals surface area contributed by atoms with Crippen molar-refractivity contribution in [3.05, 3.63) is 51.3 Å². The number of anilines is 1. The summed E-state index contributed by atoms with van der Waals surface area (Å²) in [5.74, 6) is -1.04. The third kappa shape index (κ3) is 5.53. The standard InChI is InChI=1S/C19H25N5O5/c1-13-19(24(27)28)14(2)23(20-13)11-18(26)29-12-17(25)22(5)10-15-6-8-16(9-7-15)21(3)4/h6-9H,10-12H2,1-5H3. The van der Waals surface area contributed by atoms with Gasteiger partial charge in [0, 0.05) is 33.4 Å². The summed E-state index contributed by atoms with van der Waals surface area (Å²) in [5, 5.41) is 15.0. The van der Waals surface area contributed by atoms with Gasteiger partial charge >= 0.3 is 11.7 Å². The summed E-state index contributed by atoms with van der Waals surface area (Å²) in [4.78, 5) is 38.2. The molecule has 10 heteroatoms. The van der Waals surface area contributed by atoms with Crippen LogP contribution in [0.5, 0.6) is 0 Å². The van der Waals surface area contributed by atoms with Crippen molar-refractivity contribution in [2.45, 2.75) is 26.9 Å². The molecule has 0 N–H and O–H groups in total. The van der Waals surface area contributed by atoms with Gasteiger partial charge in [0.05, 0.1) is 4.92 Å². The minimum Gasteiger partial charge on any atom is -0.454 e. The molecule has 0 unspecified atom stereocenters. The van der Waals surface area contributed by atoms with E-state index in [9.17, 15) is 19.7 Å². The molecule has 0 radical (unpaired) electrons. The molecule has 29 heavy (non-hydrogen) atoms. The molecule has 0 bridgehead atoms. The Bertz CT molecular complexity index is 904. The van der Waals surface area contributed by atoms with Crippen molar-refractivity contribution in [2.75, 3.05) is 32.6 Å².